The van der Waals surface area contributed by atoms with E-state index < -0.39 is 12.0 Å². The lowest BCUT2D eigenvalue weighted by atomic mass is 10.0. The third-order valence-electron chi connectivity index (χ3n) is 3.50. The molecule has 1 unspecified atom stereocenters. The monoisotopic (exact) mass is 278 g/mol. The molecule has 1 heterocycles. The highest BCUT2D eigenvalue weighted by molar-refractivity contribution is 5.75. The Morgan fingerprint density at radius 2 is 2.20 bits per heavy atom. The van der Waals surface area contributed by atoms with E-state index in [-0.39, 0.29) is 0 Å². The molecule has 0 amide bonds. The van der Waals surface area contributed by atoms with Crippen LogP contribution >= 0.6 is 0 Å². The van der Waals surface area contributed by atoms with Gasteiger partial charge in [0.05, 0.1) is 13.2 Å². The number of carboxylic acids is 1. The fraction of sp³-hybridized carbons (Fsp3) is 0.533. The van der Waals surface area contributed by atoms with Gasteiger partial charge in [-0.2, -0.15) is 0 Å². The summed E-state index contributed by atoms with van der Waals surface area (Å²) in [5.74, 6) is -0.836. The van der Waals surface area contributed by atoms with E-state index in [1.807, 2.05) is 31.2 Å². The fourth-order valence-electron chi connectivity index (χ4n) is 2.39. The van der Waals surface area contributed by atoms with Crippen LogP contribution in [0, 0.1) is 6.92 Å². The Balaban J connectivity index is 1.88. The number of nitrogens with zero attached hydrogens (tertiary/aromatic N) is 1. The minimum atomic E-state index is -0.836. The molecule has 1 saturated heterocycles. The van der Waals surface area contributed by atoms with Gasteiger partial charge in [-0.05, 0) is 12.5 Å². The molecular weight excluding hydrogens is 256 g/mol. The fourth-order valence-corrected chi connectivity index (χ4v) is 2.39. The average molecular weight is 278 g/mol. The maximum Gasteiger partial charge on any atom is 0.325 e. The largest absolute Gasteiger partial charge is 0.480 e. The minimum absolute atomic E-state index is 0.643. The highest BCUT2D eigenvalue weighted by Crippen LogP contribution is 2.14. The summed E-state index contributed by atoms with van der Waals surface area (Å²) in [7, 11) is 0. The lowest BCUT2D eigenvalue weighted by molar-refractivity contribution is -0.139. The predicted molar refractivity (Wildman–Crippen MR) is 76.8 cm³/mol. The summed E-state index contributed by atoms with van der Waals surface area (Å²) in [4.78, 5) is 13.7. The van der Waals surface area contributed by atoms with Crippen LogP contribution in [0.4, 0.5) is 0 Å². The van der Waals surface area contributed by atoms with Crippen LogP contribution in [-0.4, -0.2) is 55.4 Å². The molecule has 0 spiro atoms. The maximum absolute atomic E-state index is 11.4. The quantitative estimate of drug-likeness (QED) is 0.814. The van der Waals surface area contributed by atoms with Crippen molar-refractivity contribution < 1.29 is 14.6 Å². The van der Waals surface area contributed by atoms with Crippen LogP contribution in [0.25, 0.3) is 0 Å². The second kappa shape index (κ2) is 7.38. The van der Waals surface area contributed by atoms with Crippen LogP contribution in [-0.2, 0) is 9.53 Å². The molecule has 1 aromatic carbocycles. The molecule has 2 N–H and O–H groups in total. The van der Waals surface area contributed by atoms with Crippen molar-refractivity contribution >= 4 is 5.97 Å². The van der Waals surface area contributed by atoms with Gasteiger partial charge in [-0.3, -0.25) is 15.0 Å². The number of carboxylic acid groups (broad SMARTS) is 1. The highest BCUT2D eigenvalue weighted by atomic mass is 16.5. The number of ether oxygens (including phenoxy) is 1. The van der Waals surface area contributed by atoms with E-state index in [9.17, 15) is 9.90 Å². The van der Waals surface area contributed by atoms with Crippen LogP contribution < -0.4 is 5.32 Å². The molecule has 0 bridgehead atoms. The molecule has 2 rings (SSSR count). The smallest absolute Gasteiger partial charge is 0.325 e. The van der Waals surface area contributed by atoms with Gasteiger partial charge in [0.1, 0.15) is 6.04 Å². The Bertz CT molecular complexity index is 444. The molecule has 1 aliphatic heterocycles. The summed E-state index contributed by atoms with van der Waals surface area (Å²) >= 11 is 0. The maximum atomic E-state index is 11.4. The lowest BCUT2D eigenvalue weighted by Crippen LogP contribution is -2.41. The topological polar surface area (TPSA) is 61.8 Å². The first-order chi connectivity index (χ1) is 9.66. The van der Waals surface area contributed by atoms with Crippen molar-refractivity contribution in [2.75, 3.05) is 39.4 Å². The molecule has 110 valence electrons. The lowest BCUT2D eigenvalue weighted by Gasteiger charge is -2.27. The third-order valence-corrected chi connectivity index (χ3v) is 3.50. The Hall–Kier alpha value is -1.43. The van der Waals surface area contributed by atoms with Crippen LogP contribution in [0.3, 0.4) is 0 Å². The second-order valence-corrected chi connectivity index (χ2v) is 5.09. The van der Waals surface area contributed by atoms with E-state index >= 15 is 0 Å². The van der Waals surface area contributed by atoms with E-state index in [0.717, 1.165) is 44.0 Å². The van der Waals surface area contributed by atoms with Gasteiger partial charge in [-0.15, -0.1) is 0 Å². The van der Waals surface area contributed by atoms with Crippen molar-refractivity contribution in [2.24, 2.45) is 0 Å². The highest BCUT2D eigenvalue weighted by Gasteiger charge is 2.19. The summed E-state index contributed by atoms with van der Waals surface area (Å²) < 4.78 is 5.29. The van der Waals surface area contributed by atoms with Gasteiger partial charge in [-0.1, -0.05) is 29.8 Å². The van der Waals surface area contributed by atoms with Gasteiger partial charge in [0.25, 0.3) is 0 Å². The Kier molecular flexibility index (Phi) is 5.52. The van der Waals surface area contributed by atoms with Crippen molar-refractivity contribution in [3.8, 4) is 0 Å². The standard InChI is InChI=1S/C15H22N2O3/c1-12-3-2-4-13(11-12)14(15(18)19)16-5-6-17-7-9-20-10-8-17/h2-4,11,14,16H,5-10H2,1H3,(H,18,19). The summed E-state index contributed by atoms with van der Waals surface area (Å²) in [6.45, 7) is 6.84. The Morgan fingerprint density at radius 1 is 1.45 bits per heavy atom. The normalized spacial score (nSPS) is 17.9. The molecule has 0 saturated carbocycles. The first-order valence-electron chi connectivity index (χ1n) is 6.99. The van der Waals surface area contributed by atoms with E-state index in [2.05, 4.69) is 10.2 Å². The Labute approximate surface area is 119 Å². The van der Waals surface area contributed by atoms with E-state index in [1.54, 1.807) is 0 Å². The molecule has 1 aromatic rings. The number of nitrogens with one attached hydrogen (secondary N) is 1. The third kappa shape index (κ3) is 4.30. The Morgan fingerprint density at radius 3 is 2.85 bits per heavy atom. The summed E-state index contributed by atoms with van der Waals surface area (Å²) in [6, 6.07) is 6.99. The molecule has 20 heavy (non-hydrogen) atoms. The van der Waals surface area contributed by atoms with Crippen molar-refractivity contribution in [3.05, 3.63) is 35.4 Å². The van der Waals surface area contributed by atoms with Crippen LogP contribution in [0.5, 0.6) is 0 Å². The number of benzene rings is 1. The molecular formula is C15H22N2O3. The van der Waals surface area contributed by atoms with E-state index in [0.29, 0.717) is 6.54 Å². The average Bonchev–Trinajstić information content (AvgIpc) is 2.44. The zero-order valence-corrected chi connectivity index (χ0v) is 11.8. The molecule has 5 heteroatoms. The van der Waals surface area contributed by atoms with Gasteiger partial charge in [0.2, 0.25) is 0 Å². The van der Waals surface area contributed by atoms with Crippen molar-refractivity contribution in [1.29, 1.82) is 0 Å². The number of hydrogen-bond acceptors (Lipinski definition) is 4. The number of morpholine rings is 1. The zero-order valence-electron chi connectivity index (χ0n) is 11.8. The second-order valence-electron chi connectivity index (χ2n) is 5.09. The van der Waals surface area contributed by atoms with Crippen LogP contribution in [0.15, 0.2) is 24.3 Å². The van der Waals surface area contributed by atoms with E-state index in [1.165, 1.54) is 0 Å². The molecule has 5 nitrogen and oxygen atoms in total. The van der Waals surface area contributed by atoms with Gasteiger partial charge in [0, 0.05) is 26.2 Å². The SMILES string of the molecule is Cc1cccc(C(NCCN2CCOCC2)C(=O)O)c1. The number of carbonyl (C=O) groups is 1. The molecule has 0 aliphatic carbocycles. The molecule has 0 radical (unpaired) electrons. The zero-order chi connectivity index (χ0) is 14.4. The van der Waals surface area contributed by atoms with Gasteiger partial charge in [-0.25, -0.2) is 0 Å². The molecule has 0 aromatic heterocycles. The van der Waals surface area contributed by atoms with Crippen molar-refractivity contribution in [3.63, 3.8) is 0 Å². The van der Waals surface area contributed by atoms with Gasteiger partial charge in [0.15, 0.2) is 0 Å². The summed E-state index contributed by atoms with van der Waals surface area (Å²) in [5, 5.41) is 12.5. The number of aliphatic carboxylic acids is 1. The first kappa shape index (κ1) is 15.0. The van der Waals surface area contributed by atoms with Crippen molar-refractivity contribution in [1.82, 2.24) is 10.2 Å². The number of aryl methyl sites for hydroxylation is 1. The number of rotatable bonds is 6. The van der Waals surface area contributed by atoms with Crippen LogP contribution in [0.1, 0.15) is 17.2 Å². The number of hydrogen-bond donors (Lipinski definition) is 2. The van der Waals surface area contributed by atoms with Crippen LogP contribution in [0.2, 0.25) is 0 Å². The molecule has 1 aliphatic rings. The first-order valence-corrected chi connectivity index (χ1v) is 6.99. The molecule has 1 fully saturated rings. The van der Waals surface area contributed by atoms with Crippen molar-refractivity contribution in [2.45, 2.75) is 13.0 Å². The summed E-state index contributed by atoms with van der Waals surface area (Å²) in [6.07, 6.45) is 0. The van der Waals surface area contributed by atoms with Gasteiger partial charge >= 0.3 is 5.97 Å². The molecule has 1 atom stereocenters. The summed E-state index contributed by atoms with van der Waals surface area (Å²) in [5.41, 5.74) is 1.88. The van der Waals surface area contributed by atoms with Gasteiger partial charge < -0.3 is 9.84 Å². The van der Waals surface area contributed by atoms with E-state index in [4.69, 9.17) is 4.74 Å². The predicted octanol–water partition coefficient (Wildman–Crippen LogP) is 1.04. The minimum Gasteiger partial charge on any atom is -0.480 e.